The Kier molecular flexibility index (Phi) is 10.8. The molecule has 0 spiro atoms. The van der Waals surface area contributed by atoms with Crippen molar-refractivity contribution < 1.29 is 28.7 Å². The SMILES string of the molecule is COC(=O)N[C@H](C(=O)N1CCCC1c1ncc(-c2csc3c2SCC3c2cnc(C3CCCN3C(=O)[C@@H](NC(=O)OC)C(C)C)[nH]2)[nH]1)C(C)C. The normalized spacial score (nSPS) is 21.4. The number of nitrogens with zero attached hydrogens (tertiary/aromatic N) is 4. The lowest BCUT2D eigenvalue weighted by atomic mass is 10.0. The molecule has 6 rings (SSSR count). The first-order valence-electron chi connectivity index (χ1n) is 17.2. The van der Waals surface area contributed by atoms with E-state index in [9.17, 15) is 19.2 Å². The van der Waals surface area contributed by atoms with E-state index in [2.05, 4.69) is 26.0 Å². The molecule has 16 heteroatoms. The van der Waals surface area contributed by atoms with Crippen molar-refractivity contribution in [1.82, 2.24) is 40.4 Å². The number of amides is 4. The molecule has 3 aliphatic rings. The number of fused-ring (bicyclic) bond motifs is 1. The summed E-state index contributed by atoms with van der Waals surface area (Å²) in [4.78, 5) is 73.8. The summed E-state index contributed by atoms with van der Waals surface area (Å²) < 4.78 is 9.53. The van der Waals surface area contributed by atoms with Gasteiger partial charge in [-0.1, -0.05) is 27.7 Å². The summed E-state index contributed by atoms with van der Waals surface area (Å²) in [6.07, 6.45) is 5.78. The minimum atomic E-state index is -0.688. The van der Waals surface area contributed by atoms with Gasteiger partial charge in [-0.25, -0.2) is 19.6 Å². The summed E-state index contributed by atoms with van der Waals surface area (Å²) in [5.41, 5.74) is 3.01. The smallest absolute Gasteiger partial charge is 0.407 e. The van der Waals surface area contributed by atoms with Crippen LogP contribution in [0.5, 0.6) is 0 Å². The number of carbonyl (C=O) groups is 4. The van der Waals surface area contributed by atoms with Gasteiger partial charge in [-0.15, -0.1) is 23.1 Å². The van der Waals surface area contributed by atoms with E-state index >= 15 is 0 Å². The van der Waals surface area contributed by atoms with Crippen molar-refractivity contribution in [3.63, 3.8) is 0 Å². The van der Waals surface area contributed by atoms with Gasteiger partial charge in [0.05, 0.1) is 38.2 Å². The van der Waals surface area contributed by atoms with E-state index in [0.717, 1.165) is 60.0 Å². The van der Waals surface area contributed by atoms with Crippen LogP contribution in [0.1, 0.15) is 93.6 Å². The van der Waals surface area contributed by atoms with Crippen molar-refractivity contribution in [2.45, 2.75) is 88.4 Å². The van der Waals surface area contributed by atoms with Crippen molar-refractivity contribution in [3.05, 3.63) is 40.0 Å². The third-order valence-electron chi connectivity index (χ3n) is 9.85. The van der Waals surface area contributed by atoms with Gasteiger partial charge in [0.25, 0.3) is 0 Å². The average molecular weight is 727 g/mol. The molecule has 5 atom stereocenters. The van der Waals surface area contributed by atoms with Crippen LogP contribution in [0.25, 0.3) is 11.3 Å². The van der Waals surface area contributed by atoms with Crippen molar-refractivity contribution in [1.29, 1.82) is 0 Å². The van der Waals surface area contributed by atoms with E-state index in [1.54, 1.807) is 23.1 Å². The second-order valence-electron chi connectivity index (χ2n) is 13.7. The number of hydrogen-bond acceptors (Lipinski definition) is 10. The number of likely N-dealkylation sites (tertiary alicyclic amines) is 2. The lowest BCUT2D eigenvalue weighted by Gasteiger charge is -2.30. The fraction of sp³-hybridized carbons (Fsp3) is 0.588. The molecule has 50 heavy (non-hydrogen) atoms. The van der Waals surface area contributed by atoms with E-state index in [4.69, 9.17) is 19.4 Å². The highest BCUT2D eigenvalue weighted by molar-refractivity contribution is 8.00. The molecular weight excluding hydrogens is 681 g/mol. The van der Waals surface area contributed by atoms with E-state index in [-0.39, 0.29) is 41.7 Å². The second kappa shape index (κ2) is 15.1. The number of aromatic amines is 2. The van der Waals surface area contributed by atoms with Crippen LogP contribution < -0.4 is 10.6 Å². The van der Waals surface area contributed by atoms with Crippen molar-refractivity contribution in [2.75, 3.05) is 33.1 Å². The Bertz CT molecular complexity index is 1720. The molecule has 0 bridgehead atoms. The Morgan fingerprint density at radius 3 is 1.92 bits per heavy atom. The van der Waals surface area contributed by atoms with Gasteiger partial charge in [-0.05, 0) is 37.5 Å². The summed E-state index contributed by atoms with van der Waals surface area (Å²) >= 11 is 3.51. The first-order valence-corrected chi connectivity index (χ1v) is 19.0. The maximum Gasteiger partial charge on any atom is 0.407 e. The summed E-state index contributed by atoms with van der Waals surface area (Å²) in [5.74, 6) is 2.01. The number of hydrogen-bond donors (Lipinski definition) is 4. The topological polar surface area (TPSA) is 175 Å². The zero-order valence-corrected chi connectivity index (χ0v) is 30.9. The van der Waals surface area contributed by atoms with Crippen LogP contribution in [0, 0.1) is 11.8 Å². The van der Waals surface area contributed by atoms with Crippen LogP contribution in [-0.4, -0.2) is 98.9 Å². The lowest BCUT2D eigenvalue weighted by molar-refractivity contribution is -0.136. The molecule has 2 saturated heterocycles. The third-order valence-corrected chi connectivity index (χ3v) is 12.3. The minimum Gasteiger partial charge on any atom is -0.453 e. The molecule has 0 saturated carbocycles. The van der Waals surface area contributed by atoms with E-state index < -0.39 is 24.3 Å². The Balaban J connectivity index is 1.16. The summed E-state index contributed by atoms with van der Waals surface area (Å²) in [6.45, 7) is 8.82. The molecule has 3 aromatic heterocycles. The van der Waals surface area contributed by atoms with Crippen molar-refractivity contribution >= 4 is 47.1 Å². The first-order chi connectivity index (χ1) is 24.0. The molecule has 3 aromatic rings. The Labute approximate surface area is 299 Å². The molecule has 270 valence electrons. The summed E-state index contributed by atoms with van der Waals surface area (Å²) in [5, 5.41) is 7.56. The molecule has 0 aliphatic carbocycles. The number of H-pyrrole nitrogens is 2. The second-order valence-corrected chi connectivity index (χ2v) is 15.6. The van der Waals surface area contributed by atoms with Gasteiger partial charge in [0.2, 0.25) is 11.8 Å². The Hall–Kier alpha value is -4.05. The molecule has 0 radical (unpaired) electrons. The monoisotopic (exact) mass is 726 g/mol. The largest absolute Gasteiger partial charge is 0.453 e. The zero-order chi connectivity index (χ0) is 35.7. The van der Waals surface area contributed by atoms with E-state index in [1.807, 2.05) is 49.9 Å². The molecule has 6 heterocycles. The minimum absolute atomic E-state index is 0.102. The Morgan fingerprint density at radius 1 is 0.840 bits per heavy atom. The number of thioether (sulfide) groups is 1. The predicted molar refractivity (Wildman–Crippen MR) is 189 cm³/mol. The van der Waals surface area contributed by atoms with Gasteiger partial charge in [-0.3, -0.25) is 9.59 Å². The number of rotatable bonds is 10. The van der Waals surface area contributed by atoms with Gasteiger partial charge in [0.1, 0.15) is 23.7 Å². The molecular formula is C34H46N8O6S2. The van der Waals surface area contributed by atoms with Gasteiger partial charge in [0.15, 0.2) is 0 Å². The van der Waals surface area contributed by atoms with Crippen LogP contribution in [0.2, 0.25) is 0 Å². The highest BCUT2D eigenvalue weighted by atomic mass is 32.2. The number of thiophene rings is 1. The molecule has 4 amide bonds. The number of imidazole rings is 2. The number of alkyl carbamates (subject to hydrolysis) is 2. The average Bonchev–Trinajstić information content (AvgIpc) is 3.94. The van der Waals surface area contributed by atoms with Gasteiger partial charge in [0, 0.05) is 57.4 Å². The van der Waals surface area contributed by atoms with Crippen LogP contribution in [0.3, 0.4) is 0 Å². The summed E-state index contributed by atoms with van der Waals surface area (Å²) in [7, 11) is 2.58. The predicted octanol–water partition coefficient (Wildman–Crippen LogP) is 5.19. The highest BCUT2D eigenvalue weighted by Crippen LogP contribution is 2.51. The number of carbonyl (C=O) groups excluding carboxylic acids is 4. The Morgan fingerprint density at radius 2 is 1.38 bits per heavy atom. The van der Waals surface area contributed by atoms with Gasteiger partial charge >= 0.3 is 12.2 Å². The molecule has 4 N–H and O–H groups in total. The molecule has 3 aliphatic heterocycles. The standard InChI is InChI=1S/C34H46N8O6S2/c1-17(2)25(39-33(45)47-5)31(43)41-11-7-9-23(41)29-35-13-21(37-29)19-15-49-28-20(16-50-27(19)28)22-14-36-30(38-22)24-10-8-12-42(24)32(44)26(18(3)4)40-34(46)48-6/h13-15,17-18,20,23-26H,7-12,16H2,1-6H3,(H,35,37)(H,36,38)(H,39,45)(H,40,46)/t20?,23?,24?,25-,26-/m0/s1. The maximum atomic E-state index is 13.6. The zero-order valence-electron chi connectivity index (χ0n) is 29.3. The van der Waals surface area contributed by atoms with Gasteiger partial charge < -0.3 is 39.9 Å². The number of nitrogens with one attached hydrogen (secondary N) is 4. The summed E-state index contributed by atoms with van der Waals surface area (Å²) in [6, 6.07) is -1.77. The van der Waals surface area contributed by atoms with E-state index in [0.29, 0.717) is 13.1 Å². The molecule has 14 nitrogen and oxygen atoms in total. The molecule has 3 unspecified atom stereocenters. The molecule has 0 aromatic carbocycles. The first kappa shape index (κ1) is 35.8. The fourth-order valence-corrected chi connectivity index (χ4v) is 10.0. The van der Waals surface area contributed by atoms with Crippen LogP contribution in [0.15, 0.2) is 22.7 Å². The number of methoxy groups -OCH3 is 2. The van der Waals surface area contributed by atoms with Crippen molar-refractivity contribution in [2.24, 2.45) is 11.8 Å². The van der Waals surface area contributed by atoms with Crippen LogP contribution in [-0.2, 0) is 19.1 Å². The maximum absolute atomic E-state index is 13.6. The quantitative estimate of drug-likeness (QED) is 0.219. The number of ether oxygens (including phenoxy) is 2. The van der Waals surface area contributed by atoms with Crippen LogP contribution >= 0.6 is 23.1 Å². The van der Waals surface area contributed by atoms with Gasteiger partial charge in [-0.2, -0.15) is 0 Å². The highest BCUT2D eigenvalue weighted by Gasteiger charge is 2.40. The lowest BCUT2D eigenvalue weighted by Crippen LogP contribution is -2.51. The fourth-order valence-electron chi connectivity index (χ4n) is 7.14. The van der Waals surface area contributed by atoms with Crippen molar-refractivity contribution in [3.8, 4) is 11.3 Å². The number of aromatic nitrogens is 4. The van der Waals surface area contributed by atoms with E-state index in [1.165, 1.54) is 24.0 Å². The van der Waals surface area contributed by atoms with Crippen LogP contribution in [0.4, 0.5) is 9.59 Å². The third kappa shape index (κ3) is 6.96. The molecule has 2 fully saturated rings.